The van der Waals surface area contributed by atoms with Crippen molar-refractivity contribution in [3.05, 3.63) is 86.8 Å². The summed E-state index contributed by atoms with van der Waals surface area (Å²) in [7, 11) is 1.64. The van der Waals surface area contributed by atoms with Gasteiger partial charge in [0, 0.05) is 16.8 Å². The second-order valence-electron chi connectivity index (χ2n) is 6.67. The predicted molar refractivity (Wildman–Crippen MR) is 114 cm³/mol. The van der Waals surface area contributed by atoms with Crippen LogP contribution in [0.4, 0.5) is 5.95 Å². The maximum Gasteiger partial charge on any atom is 0.257 e. The van der Waals surface area contributed by atoms with E-state index in [0.29, 0.717) is 29.2 Å². The van der Waals surface area contributed by atoms with Crippen molar-refractivity contribution in [1.82, 2.24) is 14.9 Å². The Hall–Kier alpha value is -3.32. The maximum atomic E-state index is 12.6. The number of aliphatic imine (C=N–C) groups is 1. The molecule has 0 unspecified atom stereocenters. The summed E-state index contributed by atoms with van der Waals surface area (Å²) >= 11 is 6.02. The smallest absolute Gasteiger partial charge is 0.257 e. The highest BCUT2D eigenvalue weighted by Gasteiger charge is 2.26. The van der Waals surface area contributed by atoms with E-state index in [9.17, 15) is 4.79 Å². The van der Waals surface area contributed by atoms with Crippen LogP contribution < -0.4 is 20.9 Å². The van der Waals surface area contributed by atoms with Crippen LogP contribution in [0.2, 0.25) is 5.02 Å². The van der Waals surface area contributed by atoms with Crippen LogP contribution in [0.3, 0.4) is 0 Å². The third kappa shape index (κ3) is 4.09. The zero-order valence-electron chi connectivity index (χ0n) is 16.0. The number of aromatic nitrogens is 2. The van der Waals surface area contributed by atoms with E-state index in [1.54, 1.807) is 30.7 Å². The van der Waals surface area contributed by atoms with Gasteiger partial charge in [0.15, 0.2) is 5.96 Å². The average molecular weight is 410 g/mol. The first kappa shape index (κ1) is 19.0. The van der Waals surface area contributed by atoms with Gasteiger partial charge in [-0.1, -0.05) is 35.9 Å². The number of aryl methyl sites for hydroxylation is 1. The van der Waals surface area contributed by atoms with Crippen molar-refractivity contribution in [2.45, 2.75) is 19.6 Å². The van der Waals surface area contributed by atoms with Gasteiger partial charge >= 0.3 is 0 Å². The normalized spacial score (nSPS) is 16.7. The second-order valence-corrected chi connectivity index (χ2v) is 7.10. The lowest BCUT2D eigenvalue weighted by molar-refractivity contribution is 0.414. The number of hydrogen-bond donors (Lipinski definition) is 2. The Kier molecular flexibility index (Phi) is 5.22. The zero-order valence-corrected chi connectivity index (χ0v) is 16.8. The summed E-state index contributed by atoms with van der Waals surface area (Å²) in [6, 6.07) is 16.6. The number of ether oxygens (including phenoxy) is 1. The minimum atomic E-state index is -0.446. The fraction of sp³-hybridized carbons (Fsp3) is 0.190. The molecule has 1 aromatic heterocycles. The quantitative estimate of drug-likeness (QED) is 0.690. The first-order valence-electron chi connectivity index (χ1n) is 9.10. The summed E-state index contributed by atoms with van der Waals surface area (Å²) < 4.78 is 6.76. The Balaban J connectivity index is 1.68. The molecule has 0 saturated carbocycles. The molecule has 4 rings (SSSR count). The number of nitrogens with zero attached hydrogens (tertiary/aromatic N) is 3. The summed E-state index contributed by atoms with van der Waals surface area (Å²) in [6.07, 6.45) is -0.446. The predicted octanol–water partition coefficient (Wildman–Crippen LogP) is 3.33. The summed E-state index contributed by atoms with van der Waals surface area (Å²) in [4.78, 5) is 21.8. The number of nitrogens with one attached hydrogen (secondary N) is 2. The molecule has 3 aromatic rings. The summed E-state index contributed by atoms with van der Waals surface area (Å²) in [5.41, 5.74) is 2.40. The molecule has 0 radical (unpaired) electrons. The lowest BCUT2D eigenvalue weighted by Crippen LogP contribution is -2.48. The Labute approximate surface area is 173 Å². The molecule has 2 N–H and O–H groups in total. The topological polar surface area (TPSA) is 80.5 Å². The fourth-order valence-electron chi connectivity index (χ4n) is 3.14. The molecule has 0 bridgehead atoms. The number of methoxy groups -OCH3 is 1. The lowest BCUT2D eigenvalue weighted by Gasteiger charge is -2.31. The first-order valence-corrected chi connectivity index (χ1v) is 9.48. The highest BCUT2D eigenvalue weighted by atomic mass is 35.5. The number of guanidine groups is 1. The van der Waals surface area contributed by atoms with Crippen molar-refractivity contribution >= 4 is 23.5 Å². The average Bonchev–Trinajstić information content (AvgIpc) is 2.72. The molecule has 0 amide bonds. The molecule has 0 aliphatic carbocycles. The van der Waals surface area contributed by atoms with Gasteiger partial charge in [0.05, 0.1) is 13.7 Å². The number of anilines is 1. The third-order valence-corrected chi connectivity index (χ3v) is 4.86. The van der Waals surface area contributed by atoms with Gasteiger partial charge in [-0.05, 0) is 42.3 Å². The molecule has 7 nitrogen and oxygen atoms in total. The van der Waals surface area contributed by atoms with Gasteiger partial charge in [0.1, 0.15) is 11.9 Å². The molecule has 29 heavy (non-hydrogen) atoms. The minimum Gasteiger partial charge on any atom is -0.497 e. The van der Waals surface area contributed by atoms with Crippen molar-refractivity contribution in [2.24, 2.45) is 4.99 Å². The standard InChI is InChI=1S/C21H20ClN5O2/c1-13-11-18(28)27-19(15-5-7-16(22)8-6-15)25-20(26-21(27)24-13)23-12-14-3-9-17(29-2)10-4-14/h3-11,19H,12H2,1-2H3,(H2,23,24,25,26)/t19-/m0/s1. The molecule has 1 atom stereocenters. The van der Waals surface area contributed by atoms with E-state index in [2.05, 4.69) is 20.6 Å². The van der Waals surface area contributed by atoms with Crippen LogP contribution in [0.5, 0.6) is 5.75 Å². The van der Waals surface area contributed by atoms with E-state index in [-0.39, 0.29) is 5.56 Å². The van der Waals surface area contributed by atoms with Crippen LogP contribution in [0.15, 0.2) is 64.4 Å². The second kappa shape index (κ2) is 7.97. The van der Waals surface area contributed by atoms with Crippen LogP contribution in [0.1, 0.15) is 23.0 Å². The molecule has 148 valence electrons. The van der Waals surface area contributed by atoms with Crippen LogP contribution >= 0.6 is 11.6 Å². The van der Waals surface area contributed by atoms with Gasteiger partial charge < -0.3 is 10.1 Å². The van der Waals surface area contributed by atoms with Gasteiger partial charge in [-0.15, -0.1) is 0 Å². The molecule has 0 fully saturated rings. The van der Waals surface area contributed by atoms with E-state index in [0.717, 1.165) is 16.9 Å². The van der Waals surface area contributed by atoms with Crippen molar-refractivity contribution in [1.29, 1.82) is 0 Å². The van der Waals surface area contributed by atoms with Crippen LogP contribution in [0, 0.1) is 6.92 Å². The number of rotatable bonds is 4. The summed E-state index contributed by atoms with van der Waals surface area (Å²) in [5.74, 6) is 1.78. The number of benzene rings is 2. The Bertz CT molecular complexity index is 1110. The molecular formula is C21H20ClN5O2. The van der Waals surface area contributed by atoms with Gasteiger partial charge in [0.25, 0.3) is 5.56 Å². The molecule has 1 aliphatic rings. The van der Waals surface area contributed by atoms with E-state index < -0.39 is 6.17 Å². The van der Waals surface area contributed by atoms with E-state index in [1.807, 2.05) is 36.4 Å². The molecule has 0 spiro atoms. The summed E-state index contributed by atoms with van der Waals surface area (Å²) in [6.45, 7) is 2.25. The van der Waals surface area contributed by atoms with Crippen LogP contribution in [-0.2, 0) is 6.54 Å². The Morgan fingerprint density at radius 3 is 2.59 bits per heavy atom. The third-order valence-electron chi connectivity index (χ3n) is 4.61. The van der Waals surface area contributed by atoms with Gasteiger partial charge in [-0.25, -0.2) is 9.98 Å². The Morgan fingerprint density at radius 2 is 1.90 bits per heavy atom. The largest absolute Gasteiger partial charge is 0.497 e. The van der Waals surface area contributed by atoms with Gasteiger partial charge in [-0.3, -0.25) is 14.7 Å². The highest BCUT2D eigenvalue weighted by molar-refractivity contribution is 6.30. The maximum absolute atomic E-state index is 12.6. The van der Waals surface area contributed by atoms with Crippen molar-refractivity contribution in [2.75, 3.05) is 12.4 Å². The monoisotopic (exact) mass is 409 g/mol. The summed E-state index contributed by atoms with van der Waals surface area (Å²) in [5, 5.41) is 7.05. The molecule has 1 aliphatic heterocycles. The highest BCUT2D eigenvalue weighted by Crippen LogP contribution is 2.23. The van der Waals surface area contributed by atoms with Crippen LogP contribution in [-0.4, -0.2) is 22.6 Å². The zero-order chi connectivity index (χ0) is 20.4. The van der Waals surface area contributed by atoms with Crippen LogP contribution in [0.25, 0.3) is 0 Å². The molecule has 8 heteroatoms. The first-order chi connectivity index (χ1) is 14.0. The molecule has 0 saturated heterocycles. The van der Waals surface area contributed by atoms with E-state index >= 15 is 0 Å². The molecule has 2 heterocycles. The minimum absolute atomic E-state index is 0.151. The number of halogens is 1. The van der Waals surface area contributed by atoms with Gasteiger partial charge in [-0.2, -0.15) is 0 Å². The lowest BCUT2D eigenvalue weighted by atomic mass is 10.1. The molecular weight excluding hydrogens is 390 g/mol. The van der Waals surface area contributed by atoms with Crippen molar-refractivity contribution < 1.29 is 4.74 Å². The van der Waals surface area contributed by atoms with Crippen molar-refractivity contribution in [3.63, 3.8) is 0 Å². The van der Waals surface area contributed by atoms with Crippen molar-refractivity contribution in [3.8, 4) is 5.75 Å². The van der Waals surface area contributed by atoms with E-state index in [1.165, 1.54) is 6.07 Å². The fourth-order valence-corrected chi connectivity index (χ4v) is 3.27. The number of fused-ring (bicyclic) bond motifs is 1. The Morgan fingerprint density at radius 1 is 1.17 bits per heavy atom. The SMILES string of the molecule is COc1ccc(CN=C2Nc3nc(C)cc(=O)n3[C@@H](c3ccc(Cl)cc3)N2)cc1. The van der Waals surface area contributed by atoms with E-state index in [4.69, 9.17) is 16.3 Å². The molecule has 2 aromatic carbocycles. The van der Waals surface area contributed by atoms with Gasteiger partial charge in [0.2, 0.25) is 5.95 Å². The number of hydrogen-bond acceptors (Lipinski definition) is 4.